The van der Waals surface area contributed by atoms with Crippen LogP contribution in [0, 0.1) is 13.8 Å². The maximum Gasteiger partial charge on any atom is 0.223 e. The molecule has 0 aliphatic rings. The lowest BCUT2D eigenvalue weighted by atomic mass is 10.0. The number of nitrogens with zero attached hydrogens (tertiary/aromatic N) is 1. The van der Waals surface area contributed by atoms with Gasteiger partial charge in [0, 0.05) is 29.0 Å². The number of fused-ring (bicyclic) bond motifs is 1. The van der Waals surface area contributed by atoms with Crippen LogP contribution >= 0.6 is 0 Å². The predicted octanol–water partition coefficient (Wildman–Crippen LogP) is 4.89. The van der Waals surface area contributed by atoms with E-state index in [0.717, 1.165) is 27.7 Å². The Kier molecular flexibility index (Phi) is 5.94. The van der Waals surface area contributed by atoms with E-state index in [-0.39, 0.29) is 6.04 Å². The van der Waals surface area contributed by atoms with Gasteiger partial charge in [-0.15, -0.1) is 0 Å². The van der Waals surface area contributed by atoms with Crippen molar-refractivity contribution in [2.45, 2.75) is 26.8 Å². The van der Waals surface area contributed by atoms with Crippen molar-refractivity contribution in [3.63, 3.8) is 0 Å². The van der Waals surface area contributed by atoms with Crippen molar-refractivity contribution >= 4 is 26.3 Å². The van der Waals surface area contributed by atoms with Crippen LogP contribution in [-0.4, -0.2) is 32.8 Å². The highest BCUT2D eigenvalue weighted by atomic mass is 32.2. The minimum Gasteiger partial charge on any atom is -0.480 e. The molecule has 0 amide bonds. The monoisotopic (exact) mass is 410 g/mol. The van der Waals surface area contributed by atoms with Crippen LogP contribution in [-0.2, 0) is 9.84 Å². The molecule has 0 aliphatic carbocycles. The van der Waals surface area contributed by atoms with Gasteiger partial charge in [0.2, 0.25) is 5.88 Å². The van der Waals surface area contributed by atoms with E-state index in [1.807, 2.05) is 31.2 Å². The Morgan fingerprint density at radius 2 is 1.86 bits per heavy atom. The molecule has 29 heavy (non-hydrogen) atoms. The van der Waals surface area contributed by atoms with E-state index in [0.29, 0.717) is 5.88 Å². The average molecular weight is 411 g/mol. The van der Waals surface area contributed by atoms with Gasteiger partial charge in [-0.1, -0.05) is 30.3 Å². The molecule has 0 radical (unpaired) electrons. The molecule has 0 bridgehead atoms. The van der Waals surface area contributed by atoms with Gasteiger partial charge in [-0.3, -0.25) is 0 Å². The zero-order valence-corrected chi connectivity index (χ0v) is 18.2. The normalized spacial score (nSPS) is 13.0. The number of methoxy groups -OCH3 is 1. The third-order valence-corrected chi connectivity index (χ3v) is 5.47. The summed E-state index contributed by atoms with van der Waals surface area (Å²) >= 11 is 0. The number of nitrogens with one attached hydrogen (secondary N) is 1. The van der Waals surface area contributed by atoms with Crippen molar-refractivity contribution < 1.29 is 13.2 Å². The second kappa shape index (κ2) is 8.25. The second-order valence-corrected chi connectivity index (χ2v) is 9.24. The molecule has 0 saturated carbocycles. The van der Waals surface area contributed by atoms with Crippen LogP contribution < -0.4 is 10.1 Å². The van der Waals surface area contributed by atoms with E-state index in [1.54, 1.807) is 13.2 Å². The molecular formula is C23H26N2O3S. The van der Waals surface area contributed by atoms with Gasteiger partial charge in [-0.25, -0.2) is 13.4 Å². The molecule has 2 aromatic carbocycles. The first-order chi connectivity index (χ1) is 13.7. The molecule has 5 nitrogen and oxygen atoms in total. The number of aryl methyl sites for hydroxylation is 2. The summed E-state index contributed by atoms with van der Waals surface area (Å²) in [5, 5.41) is 6.41. The van der Waals surface area contributed by atoms with Crippen LogP contribution in [0.4, 0.5) is 5.69 Å². The molecule has 0 unspecified atom stereocenters. The van der Waals surface area contributed by atoms with Gasteiger partial charge < -0.3 is 10.1 Å². The Morgan fingerprint density at radius 3 is 2.52 bits per heavy atom. The van der Waals surface area contributed by atoms with Crippen molar-refractivity contribution in [2.24, 2.45) is 0 Å². The van der Waals surface area contributed by atoms with Gasteiger partial charge in [0.25, 0.3) is 0 Å². The van der Waals surface area contributed by atoms with E-state index in [2.05, 4.69) is 37.4 Å². The van der Waals surface area contributed by atoms with Crippen LogP contribution in [0.3, 0.4) is 0 Å². The number of hydrogen-bond acceptors (Lipinski definition) is 5. The van der Waals surface area contributed by atoms with Crippen LogP contribution in [0.15, 0.2) is 53.9 Å². The number of benzene rings is 2. The molecule has 3 rings (SSSR count). The van der Waals surface area contributed by atoms with Crippen molar-refractivity contribution in [3.05, 3.63) is 65.1 Å². The van der Waals surface area contributed by atoms with Gasteiger partial charge >= 0.3 is 0 Å². The number of pyridine rings is 1. The Labute approximate surface area is 172 Å². The summed E-state index contributed by atoms with van der Waals surface area (Å²) < 4.78 is 28.4. The first kappa shape index (κ1) is 20.9. The third kappa shape index (κ3) is 4.95. The predicted molar refractivity (Wildman–Crippen MR) is 120 cm³/mol. The van der Waals surface area contributed by atoms with E-state index in [4.69, 9.17) is 9.72 Å². The lowest BCUT2D eigenvalue weighted by Crippen LogP contribution is -2.13. The SMILES string of the molecule is COc1nc(-c2ccc(C)c(C)c2)cc2cccc(N[C@@H](C)/C=C/S(C)(=O)=O)c12. The topological polar surface area (TPSA) is 68.3 Å². The Balaban J connectivity index is 2.06. The number of anilines is 1. The van der Waals surface area contributed by atoms with Crippen molar-refractivity contribution in [1.82, 2.24) is 4.98 Å². The summed E-state index contributed by atoms with van der Waals surface area (Å²) in [4.78, 5) is 4.74. The molecule has 0 saturated heterocycles. The summed E-state index contributed by atoms with van der Waals surface area (Å²) in [7, 11) is -1.56. The van der Waals surface area contributed by atoms with E-state index in [1.165, 1.54) is 22.8 Å². The number of rotatable bonds is 6. The highest BCUT2D eigenvalue weighted by Gasteiger charge is 2.13. The Bertz CT molecular complexity index is 1180. The molecule has 1 heterocycles. The molecule has 1 aromatic heterocycles. The van der Waals surface area contributed by atoms with Gasteiger partial charge in [0.1, 0.15) is 0 Å². The largest absolute Gasteiger partial charge is 0.480 e. The molecule has 1 atom stereocenters. The molecule has 3 aromatic rings. The minimum absolute atomic E-state index is 0.181. The van der Waals surface area contributed by atoms with Gasteiger partial charge in [-0.2, -0.15) is 0 Å². The van der Waals surface area contributed by atoms with Crippen LogP contribution in [0.5, 0.6) is 5.88 Å². The standard InChI is InChI=1S/C23H26N2O3S/c1-15-9-10-18(13-16(15)2)21-14-19-7-6-8-20(22(19)23(25-21)28-4)24-17(3)11-12-29(5,26)27/h6-14,17,24H,1-5H3/b12-11+/t17-/m0/s1. The molecule has 0 spiro atoms. The number of sulfone groups is 1. The molecule has 0 fully saturated rings. The van der Waals surface area contributed by atoms with Crippen LogP contribution in [0.25, 0.3) is 22.0 Å². The fourth-order valence-electron chi connectivity index (χ4n) is 3.14. The summed E-state index contributed by atoms with van der Waals surface area (Å²) in [6, 6.07) is 14.1. The summed E-state index contributed by atoms with van der Waals surface area (Å²) in [6.07, 6.45) is 2.80. The maximum absolute atomic E-state index is 11.4. The van der Waals surface area contributed by atoms with Gasteiger partial charge in [0.05, 0.1) is 18.2 Å². The molecule has 6 heteroatoms. The first-order valence-electron chi connectivity index (χ1n) is 9.38. The fraction of sp³-hybridized carbons (Fsp3) is 0.261. The summed E-state index contributed by atoms with van der Waals surface area (Å²) in [6.45, 7) is 6.07. The lowest BCUT2D eigenvalue weighted by molar-refractivity contribution is 0.404. The van der Waals surface area contributed by atoms with E-state index in [9.17, 15) is 8.42 Å². The first-order valence-corrected chi connectivity index (χ1v) is 11.3. The highest BCUT2D eigenvalue weighted by molar-refractivity contribution is 7.93. The van der Waals surface area contributed by atoms with E-state index < -0.39 is 9.84 Å². The molecule has 0 aliphatic heterocycles. The Hall–Kier alpha value is -2.86. The smallest absolute Gasteiger partial charge is 0.223 e. The van der Waals surface area contributed by atoms with Gasteiger partial charge in [0.15, 0.2) is 9.84 Å². The zero-order chi connectivity index (χ0) is 21.2. The minimum atomic E-state index is -3.17. The van der Waals surface area contributed by atoms with Crippen molar-refractivity contribution in [3.8, 4) is 17.1 Å². The van der Waals surface area contributed by atoms with Gasteiger partial charge in [-0.05, 0) is 55.5 Å². The zero-order valence-electron chi connectivity index (χ0n) is 17.4. The molecular weight excluding hydrogens is 384 g/mol. The second-order valence-electron chi connectivity index (χ2n) is 7.31. The molecule has 152 valence electrons. The number of hydrogen-bond donors (Lipinski definition) is 1. The highest BCUT2D eigenvalue weighted by Crippen LogP contribution is 2.35. The van der Waals surface area contributed by atoms with E-state index >= 15 is 0 Å². The van der Waals surface area contributed by atoms with Crippen molar-refractivity contribution in [1.29, 1.82) is 0 Å². The third-order valence-electron chi connectivity index (χ3n) is 4.82. The fourth-order valence-corrected chi connectivity index (χ4v) is 3.67. The molecule has 1 N–H and O–H groups in total. The Morgan fingerprint density at radius 1 is 1.10 bits per heavy atom. The summed E-state index contributed by atoms with van der Waals surface area (Å²) in [5.41, 5.74) is 5.18. The number of ether oxygens (including phenoxy) is 1. The van der Waals surface area contributed by atoms with Crippen molar-refractivity contribution in [2.75, 3.05) is 18.7 Å². The average Bonchev–Trinajstić information content (AvgIpc) is 2.67. The summed E-state index contributed by atoms with van der Waals surface area (Å²) in [5.74, 6) is 0.526. The number of aromatic nitrogens is 1. The quantitative estimate of drug-likeness (QED) is 0.627. The lowest BCUT2D eigenvalue weighted by Gasteiger charge is -2.16. The van der Waals surface area contributed by atoms with Crippen LogP contribution in [0.2, 0.25) is 0 Å². The maximum atomic E-state index is 11.4. The van der Waals surface area contributed by atoms with Crippen LogP contribution in [0.1, 0.15) is 18.1 Å².